The number of fused-ring (bicyclic) bond motifs is 1. The quantitative estimate of drug-likeness (QED) is 0.919. The molecule has 1 aliphatic heterocycles. The molecule has 0 saturated heterocycles. The van der Waals surface area contributed by atoms with E-state index in [1.165, 1.54) is 5.56 Å². The first-order valence-corrected chi connectivity index (χ1v) is 7.86. The number of rotatable bonds is 5. The summed E-state index contributed by atoms with van der Waals surface area (Å²) in [5.41, 5.74) is 3.41. The van der Waals surface area contributed by atoms with E-state index in [2.05, 4.69) is 36.5 Å². The molecule has 120 valence electrons. The number of carbonyl (C=O) groups is 1. The predicted octanol–water partition coefficient (Wildman–Crippen LogP) is 3.53. The van der Waals surface area contributed by atoms with Crippen molar-refractivity contribution in [2.45, 2.75) is 32.7 Å². The second-order valence-corrected chi connectivity index (χ2v) is 5.89. The average Bonchev–Trinajstić information content (AvgIpc) is 3.01. The van der Waals surface area contributed by atoms with E-state index in [0.29, 0.717) is 12.8 Å². The summed E-state index contributed by atoms with van der Waals surface area (Å²) in [6.45, 7) is 4.33. The van der Waals surface area contributed by atoms with Gasteiger partial charge in [-0.2, -0.15) is 0 Å². The van der Waals surface area contributed by atoms with Crippen LogP contribution in [-0.2, 0) is 11.2 Å². The summed E-state index contributed by atoms with van der Waals surface area (Å²) < 4.78 is 10.6. The third-order valence-corrected chi connectivity index (χ3v) is 4.03. The maximum Gasteiger partial charge on any atom is 0.231 e. The summed E-state index contributed by atoms with van der Waals surface area (Å²) in [5, 5.41) is 3.04. The van der Waals surface area contributed by atoms with Gasteiger partial charge < -0.3 is 14.8 Å². The smallest absolute Gasteiger partial charge is 0.231 e. The molecule has 2 aromatic carbocycles. The molecule has 4 nitrogen and oxygen atoms in total. The summed E-state index contributed by atoms with van der Waals surface area (Å²) in [6, 6.07) is 14.1. The monoisotopic (exact) mass is 311 g/mol. The van der Waals surface area contributed by atoms with Gasteiger partial charge in [-0.3, -0.25) is 4.79 Å². The number of hydrogen-bond donors (Lipinski definition) is 1. The van der Waals surface area contributed by atoms with Crippen LogP contribution >= 0.6 is 0 Å². The van der Waals surface area contributed by atoms with Gasteiger partial charge in [-0.15, -0.1) is 0 Å². The topological polar surface area (TPSA) is 47.6 Å². The lowest BCUT2D eigenvalue weighted by Crippen LogP contribution is -2.26. The molecule has 0 aliphatic carbocycles. The van der Waals surface area contributed by atoms with Crippen molar-refractivity contribution in [3.8, 4) is 11.5 Å². The summed E-state index contributed by atoms with van der Waals surface area (Å²) in [4.78, 5) is 12.1. The van der Waals surface area contributed by atoms with Gasteiger partial charge in [0, 0.05) is 6.42 Å². The maximum absolute atomic E-state index is 12.1. The third kappa shape index (κ3) is 3.83. The molecule has 0 bridgehead atoms. The Morgan fingerprint density at radius 3 is 2.65 bits per heavy atom. The highest BCUT2D eigenvalue weighted by atomic mass is 16.7. The first-order chi connectivity index (χ1) is 11.1. The molecule has 0 unspecified atom stereocenters. The van der Waals surface area contributed by atoms with Crippen molar-refractivity contribution in [3.05, 3.63) is 59.2 Å². The van der Waals surface area contributed by atoms with Crippen molar-refractivity contribution >= 4 is 5.91 Å². The minimum absolute atomic E-state index is 0.0138. The van der Waals surface area contributed by atoms with Crippen molar-refractivity contribution in [1.82, 2.24) is 5.32 Å². The molecular weight excluding hydrogens is 290 g/mol. The fraction of sp³-hybridized carbons (Fsp3) is 0.316. The fourth-order valence-electron chi connectivity index (χ4n) is 2.61. The summed E-state index contributed by atoms with van der Waals surface area (Å²) >= 11 is 0. The predicted molar refractivity (Wildman–Crippen MR) is 88.6 cm³/mol. The number of hydrogen-bond acceptors (Lipinski definition) is 3. The standard InChI is InChI=1S/C19H21NO3/c1-13-3-7-16(8-4-13)14(2)20-19(21)10-6-15-5-9-17-18(11-15)23-12-22-17/h3-5,7-9,11,14H,6,10,12H2,1-2H3,(H,20,21)/t14-/m1/s1. The van der Waals surface area contributed by atoms with Gasteiger partial charge in [-0.05, 0) is 43.5 Å². The lowest BCUT2D eigenvalue weighted by Gasteiger charge is -2.14. The van der Waals surface area contributed by atoms with Crippen molar-refractivity contribution in [3.63, 3.8) is 0 Å². The van der Waals surface area contributed by atoms with Gasteiger partial charge >= 0.3 is 0 Å². The average molecular weight is 311 g/mol. The number of amides is 1. The first-order valence-electron chi connectivity index (χ1n) is 7.86. The summed E-state index contributed by atoms with van der Waals surface area (Å²) in [5.74, 6) is 1.58. The molecular formula is C19H21NO3. The molecule has 0 radical (unpaired) electrons. The Bertz CT molecular complexity index is 694. The van der Waals surface area contributed by atoms with Crippen LogP contribution in [0.25, 0.3) is 0 Å². The van der Waals surface area contributed by atoms with Gasteiger partial charge in [-0.25, -0.2) is 0 Å². The van der Waals surface area contributed by atoms with E-state index in [1.54, 1.807) is 0 Å². The highest BCUT2D eigenvalue weighted by Gasteiger charge is 2.14. The van der Waals surface area contributed by atoms with E-state index >= 15 is 0 Å². The number of carbonyl (C=O) groups excluding carboxylic acids is 1. The van der Waals surface area contributed by atoms with Crippen molar-refractivity contribution in [2.24, 2.45) is 0 Å². The molecule has 0 fully saturated rings. The maximum atomic E-state index is 12.1. The second-order valence-electron chi connectivity index (χ2n) is 5.89. The fourth-order valence-corrected chi connectivity index (χ4v) is 2.61. The lowest BCUT2D eigenvalue weighted by molar-refractivity contribution is -0.121. The van der Waals surface area contributed by atoms with Crippen LogP contribution in [0.3, 0.4) is 0 Å². The Morgan fingerprint density at radius 2 is 1.87 bits per heavy atom. The molecule has 3 rings (SSSR count). The molecule has 2 aromatic rings. The van der Waals surface area contributed by atoms with Gasteiger partial charge in [0.25, 0.3) is 0 Å². The van der Waals surface area contributed by atoms with Gasteiger partial charge in [0.2, 0.25) is 12.7 Å². The molecule has 23 heavy (non-hydrogen) atoms. The summed E-state index contributed by atoms with van der Waals surface area (Å²) in [6.07, 6.45) is 1.14. The molecule has 0 saturated carbocycles. The zero-order valence-electron chi connectivity index (χ0n) is 13.5. The molecule has 1 heterocycles. The minimum Gasteiger partial charge on any atom is -0.454 e. The highest BCUT2D eigenvalue weighted by Crippen LogP contribution is 2.32. The van der Waals surface area contributed by atoms with E-state index in [0.717, 1.165) is 22.6 Å². The molecule has 0 spiro atoms. The van der Waals surface area contributed by atoms with Crippen molar-refractivity contribution in [2.75, 3.05) is 6.79 Å². The Balaban J connectivity index is 1.52. The molecule has 1 aliphatic rings. The summed E-state index contributed by atoms with van der Waals surface area (Å²) in [7, 11) is 0. The van der Waals surface area contributed by atoms with Crippen molar-refractivity contribution < 1.29 is 14.3 Å². The zero-order valence-corrected chi connectivity index (χ0v) is 13.5. The Labute approximate surface area is 136 Å². The SMILES string of the molecule is Cc1ccc([C@@H](C)NC(=O)CCc2ccc3c(c2)OCO3)cc1. The first kappa shape index (κ1) is 15.4. The zero-order chi connectivity index (χ0) is 16.2. The second kappa shape index (κ2) is 6.73. The Kier molecular flexibility index (Phi) is 4.51. The molecule has 1 N–H and O–H groups in total. The number of aryl methyl sites for hydroxylation is 2. The van der Waals surface area contributed by atoms with E-state index in [-0.39, 0.29) is 18.7 Å². The Hall–Kier alpha value is -2.49. The van der Waals surface area contributed by atoms with Crippen LogP contribution in [0.2, 0.25) is 0 Å². The minimum atomic E-state index is 0.0138. The van der Waals surface area contributed by atoms with E-state index in [4.69, 9.17) is 9.47 Å². The van der Waals surface area contributed by atoms with Crippen LogP contribution in [0.5, 0.6) is 11.5 Å². The molecule has 1 amide bonds. The third-order valence-electron chi connectivity index (χ3n) is 4.03. The van der Waals surface area contributed by atoms with Gasteiger partial charge in [0.15, 0.2) is 11.5 Å². The van der Waals surface area contributed by atoms with Crippen molar-refractivity contribution in [1.29, 1.82) is 0 Å². The van der Waals surface area contributed by atoms with Crippen LogP contribution < -0.4 is 14.8 Å². The van der Waals surface area contributed by atoms with Gasteiger partial charge in [0.05, 0.1) is 6.04 Å². The lowest BCUT2D eigenvalue weighted by atomic mass is 10.1. The van der Waals surface area contributed by atoms with E-state index < -0.39 is 0 Å². The highest BCUT2D eigenvalue weighted by molar-refractivity contribution is 5.76. The number of benzene rings is 2. The molecule has 4 heteroatoms. The van der Waals surface area contributed by atoms with Crippen LogP contribution in [-0.4, -0.2) is 12.7 Å². The molecule has 1 atom stereocenters. The molecule has 0 aromatic heterocycles. The van der Waals surface area contributed by atoms with Gasteiger partial charge in [-0.1, -0.05) is 35.9 Å². The van der Waals surface area contributed by atoms with Crippen LogP contribution in [0.15, 0.2) is 42.5 Å². The number of ether oxygens (including phenoxy) is 2. The normalized spacial score (nSPS) is 13.7. The van der Waals surface area contributed by atoms with E-state index in [9.17, 15) is 4.79 Å². The van der Waals surface area contributed by atoms with Crippen LogP contribution in [0.4, 0.5) is 0 Å². The number of nitrogens with one attached hydrogen (secondary N) is 1. The Morgan fingerprint density at radius 1 is 1.13 bits per heavy atom. The van der Waals surface area contributed by atoms with Gasteiger partial charge in [0.1, 0.15) is 0 Å². The largest absolute Gasteiger partial charge is 0.454 e. The van der Waals surface area contributed by atoms with E-state index in [1.807, 2.05) is 25.1 Å². The van der Waals surface area contributed by atoms with Crippen LogP contribution in [0, 0.1) is 6.92 Å². The van der Waals surface area contributed by atoms with Crippen LogP contribution in [0.1, 0.15) is 36.1 Å².